The molecule has 0 spiro atoms. The number of aromatic nitrogens is 4. The number of sulfonamides is 1. The van der Waals surface area contributed by atoms with E-state index < -0.39 is 15.9 Å². The Morgan fingerprint density at radius 3 is 2.70 bits per heavy atom. The molecule has 0 amide bonds. The number of nitrogens with zero attached hydrogens (tertiary/aromatic N) is 4. The Morgan fingerprint density at radius 2 is 2.30 bits per heavy atom. The average Bonchev–Trinajstić information content (AvgIpc) is 2.12. The van der Waals surface area contributed by atoms with Gasteiger partial charge in [0.05, 0.1) is 0 Å². The van der Waals surface area contributed by atoms with Crippen molar-refractivity contribution in [2.45, 2.75) is 5.88 Å². The summed E-state index contributed by atoms with van der Waals surface area (Å²) in [5.41, 5.74) is 0. The van der Waals surface area contributed by atoms with E-state index in [9.17, 15) is 8.42 Å². The summed E-state index contributed by atoms with van der Waals surface area (Å²) in [6.45, 7) is 0. The number of hydrogen-bond donors (Lipinski definition) is 1. The van der Waals surface area contributed by atoms with Gasteiger partial charge < -0.3 is 0 Å². The van der Waals surface area contributed by atoms with E-state index >= 15 is 0 Å². The van der Waals surface area contributed by atoms with Gasteiger partial charge in [-0.3, -0.25) is 0 Å². The van der Waals surface area contributed by atoms with E-state index in [-0.39, 0.29) is 0 Å². The van der Waals surface area contributed by atoms with Crippen LogP contribution in [0.25, 0.3) is 0 Å². The molecule has 0 bridgehead atoms. The van der Waals surface area contributed by atoms with Crippen LogP contribution in [0.15, 0.2) is 0 Å². The Hall–Kier alpha value is -1.02. The maximum atomic E-state index is 10.3. The minimum atomic E-state index is -3.56. The molecule has 1 aromatic heterocycles. The third-order valence-corrected chi connectivity index (χ3v) is 1.26. The third-order valence-electron chi connectivity index (χ3n) is 0.655. The average molecular weight is 162 g/mol. The predicted molar refractivity (Wildman–Crippen MR) is 29.8 cm³/mol. The zero-order valence-electron chi connectivity index (χ0n) is 4.80. The first-order chi connectivity index (χ1) is 4.58. The number of nitrogens with two attached hydrogens (primary N) is 1. The molecule has 0 aromatic carbocycles. The summed E-state index contributed by atoms with van der Waals surface area (Å²) < 4.78 is 21.6. The van der Waals surface area contributed by atoms with Crippen LogP contribution in [0.3, 0.4) is 0 Å². The topological polar surface area (TPSA) is 104 Å². The molecule has 0 atom stereocenters. The van der Waals surface area contributed by atoms with E-state index in [1.54, 1.807) is 0 Å². The molecule has 10 heavy (non-hydrogen) atoms. The van der Waals surface area contributed by atoms with Crippen molar-refractivity contribution in [2.24, 2.45) is 5.14 Å². The SMILES string of the molecule is NS(=O)(=O)Cn1[c]nnn1. The van der Waals surface area contributed by atoms with Crippen molar-refractivity contribution in [1.29, 1.82) is 0 Å². The van der Waals surface area contributed by atoms with Gasteiger partial charge in [0.2, 0.25) is 16.4 Å². The minimum Gasteiger partial charge on any atom is -0.227 e. The van der Waals surface area contributed by atoms with Gasteiger partial charge >= 0.3 is 0 Å². The Labute approximate surface area is 56.9 Å². The van der Waals surface area contributed by atoms with Crippen molar-refractivity contribution in [1.82, 2.24) is 20.2 Å². The van der Waals surface area contributed by atoms with Crippen LogP contribution in [0.2, 0.25) is 0 Å². The number of rotatable bonds is 2. The molecular formula is C2H4N5O2S. The summed E-state index contributed by atoms with van der Waals surface area (Å²) in [6, 6.07) is 0. The van der Waals surface area contributed by atoms with Crippen molar-refractivity contribution >= 4 is 10.0 Å². The molecule has 0 aliphatic rings. The lowest BCUT2D eigenvalue weighted by molar-refractivity contribution is 0.572. The molecule has 0 unspecified atom stereocenters. The van der Waals surface area contributed by atoms with Gasteiger partial charge in [0.1, 0.15) is 0 Å². The quantitative estimate of drug-likeness (QED) is 0.527. The number of hydrogen-bond acceptors (Lipinski definition) is 5. The summed E-state index contributed by atoms with van der Waals surface area (Å²) >= 11 is 0. The van der Waals surface area contributed by atoms with Crippen molar-refractivity contribution in [2.75, 3.05) is 0 Å². The maximum absolute atomic E-state index is 10.3. The molecule has 0 fully saturated rings. The van der Waals surface area contributed by atoms with Gasteiger partial charge in [-0.1, -0.05) is 0 Å². The molecule has 2 N–H and O–H groups in total. The van der Waals surface area contributed by atoms with Crippen LogP contribution in [0.1, 0.15) is 0 Å². The molecule has 1 aromatic rings. The van der Waals surface area contributed by atoms with Crippen LogP contribution >= 0.6 is 0 Å². The van der Waals surface area contributed by atoms with Crippen molar-refractivity contribution < 1.29 is 8.42 Å². The summed E-state index contributed by atoms with van der Waals surface area (Å²) in [6.07, 6.45) is 2.18. The van der Waals surface area contributed by atoms with Gasteiger partial charge in [-0.2, -0.15) is 0 Å². The van der Waals surface area contributed by atoms with E-state index in [4.69, 9.17) is 0 Å². The van der Waals surface area contributed by atoms with E-state index in [1.165, 1.54) is 0 Å². The zero-order chi connectivity index (χ0) is 7.61. The lowest BCUT2D eigenvalue weighted by atomic mass is 11.2. The molecule has 8 heteroatoms. The first kappa shape index (κ1) is 7.09. The smallest absolute Gasteiger partial charge is 0.227 e. The van der Waals surface area contributed by atoms with Crippen molar-refractivity contribution in [3.63, 3.8) is 0 Å². The van der Waals surface area contributed by atoms with E-state index in [0.29, 0.717) is 0 Å². The second kappa shape index (κ2) is 2.31. The van der Waals surface area contributed by atoms with Gasteiger partial charge in [0, 0.05) is 0 Å². The molecule has 1 radical (unpaired) electrons. The second-order valence-electron chi connectivity index (χ2n) is 1.57. The minimum absolute atomic E-state index is 0.444. The molecule has 1 rings (SSSR count). The fourth-order valence-corrected chi connectivity index (χ4v) is 0.835. The molecular weight excluding hydrogens is 158 g/mol. The Balaban J connectivity index is 2.75. The normalized spacial score (nSPS) is 11.7. The van der Waals surface area contributed by atoms with Crippen molar-refractivity contribution in [3.8, 4) is 0 Å². The van der Waals surface area contributed by atoms with Crippen molar-refractivity contribution in [3.05, 3.63) is 6.33 Å². The number of primary sulfonamides is 1. The summed E-state index contributed by atoms with van der Waals surface area (Å²) in [4.78, 5) is 0. The maximum Gasteiger partial charge on any atom is 0.229 e. The van der Waals surface area contributed by atoms with Crippen LogP contribution in [0.4, 0.5) is 0 Å². The van der Waals surface area contributed by atoms with Crippen LogP contribution in [-0.2, 0) is 15.9 Å². The summed E-state index contributed by atoms with van der Waals surface area (Å²) in [5.74, 6) is -0.444. The highest BCUT2D eigenvalue weighted by Gasteiger charge is 2.04. The van der Waals surface area contributed by atoms with E-state index in [0.717, 1.165) is 4.68 Å². The summed E-state index contributed by atoms with van der Waals surface area (Å²) in [7, 11) is -3.56. The second-order valence-corrected chi connectivity index (χ2v) is 3.15. The van der Waals surface area contributed by atoms with Crippen LogP contribution in [-0.4, -0.2) is 28.6 Å². The highest BCUT2D eigenvalue weighted by Crippen LogP contribution is 1.81. The highest BCUT2D eigenvalue weighted by molar-refractivity contribution is 7.88. The standard InChI is InChI=1S/C2H4N5O2S/c3-10(8,9)2-7-1-4-5-6-7/h2H2,(H2,3,8,9). The molecule has 7 nitrogen and oxygen atoms in total. The van der Waals surface area contributed by atoms with Crippen LogP contribution in [0, 0.1) is 6.33 Å². The molecule has 1 heterocycles. The fourth-order valence-electron chi connectivity index (χ4n) is 0.385. The van der Waals surface area contributed by atoms with Gasteiger partial charge in [-0.15, -0.1) is 5.10 Å². The fraction of sp³-hybridized carbons (Fsp3) is 0.500. The first-order valence-electron chi connectivity index (χ1n) is 2.22. The zero-order valence-corrected chi connectivity index (χ0v) is 5.61. The Kier molecular flexibility index (Phi) is 1.64. The largest absolute Gasteiger partial charge is 0.229 e. The molecule has 55 valence electrons. The number of tetrazole rings is 1. The molecule has 0 aliphatic carbocycles. The van der Waals surface area contributed by atoms with Gasteiger partial charge in [0.15, 0.2) is 5.88 Å². The van der Waals surface area contributed by atoms with E-state index in [2.05, 4.69) is 27.0 Å². The van der Waals surface area contributed by atoms with Crippen LogP contribution < -0.4 is 5.14 Å². The van der Waals surface area contributed by atoms with Gasteiger partial charge in [-0.25, -0.2) is 18.2 Å². The third kappa shape index (κ3) is 2.07. The monoisotopic (exact) mass is 162 g/mol. The lowest BCUT2D eigenvalue weighted by Gasteiger charge is -1.92. The molecule has 0 saturated heterocycles. The van der Waals surface area contributed by atoms with Gasteiger partial charge in [0.25, 0.3) is 0 Å². The predicted octanol–water partition coefficient (Wildman–Crippen LogP) is -2.28. The molecule has 0 aliphatic heterocycles. The first-order valence-corrected chi connectivity index (χ1v) is 3.94. The lowest BCUT2D eigenvalue weighted by Crippen LogP contribution is -2.19. The highest BCUT2D eigenvalue weighted by atomic mass is 32.2. The van der Waals surface area contributed by atoms with Gasteiger partial charge in [-0.05, 0) is 10.4 Å². The van der Waals surface area contributed by atoms with E-state index in [1.807, 2.05) is 0 Å². The van der Waals surface area contributed by atoms with Crippen LogP contribution in [0.5, 0.6) is 0 Å². The summed E-state index contributed by atoms with van der Waals surface area (Å²) in [5, 5.41) is 14.2. The Bertz CT molecular complexity index is 287. The molecule has 0 saturated carbocycles. The Morgan fingerprint density at radius 1 is 1.60 bits per heavy atom.